The molecule has 0 saturated carbocycles. The average molecular weight is 439 g/mol. The number of amides is 3. The number of carbonyl (C=O) groups excluding carboxylic acids is 3. The number of furan rings is 1. The van der Waals surface area contributed by atoms with Crippen LogP contribution in [-0.2, 0) is 22.6 Å². The molecule has 31 heavy (non-hydrogen) atoms. The minimum atomic E-state index is -0.263. The van der Waals surface area contributed by atoms with Crippen molar-refractivity contribution >= 4 is 45.6 Å². The highest BCUT2D eigenvalue weighted by Gasteiger charge is 2.23. The number of rotatable bonds is 6. The van der Waals surface area contributed by atoms with E-state index < -0.39 is 0 Å². The molecular weight excluding hydrogens is 418 g/mol. The molecule has 160 valence electrons. The van der Waals surface area contributed by atoms with E-state index in [4.69, 9.17) is 4.42 Å². The standard InChI is InChI=1S/C21H21N5O4S/c1-13(27)22-15-2-4-16(5-3-15)23-19(28)11-26-8-6-17-18(10-26)31-21(24-17)25-20(29)14-7-9-30-12-14/h2-5,7,9,12H,6,8,10-11H2,1H3,(H,22,27)(H,23,28)(H,24,25,29). The Balaban J connectivity index is 1.30. The smallest absolute Gasteiger partial charge is 0.260 e. The highest BCUT2D eigenvalue weighted by Crippen LogP contribution is 2.28. The number of nitrogens with zero attached hydrogens (tertiary/aromatic N) is 2. The van der Waals surface area contributed by atoms with Gasteiger partial charge in [-0.2, -0.15) is 0 Å². The molecule has 3 aromatic rings. The largest absolute Gasteiger partial charge is 0.472 e. The first-order valence-corrected chi connectivity index (χ1v) is 10.5. The molecule has 0 radical (unpaired) electrons. The Bertz CT molecular complexity index is 1090. The molecule has 2 aromatic heterocycles. The van der Waals surface area contributed by atoms with Crippen LogP contribution < -0.4 is 16.0 Å². The molecule has 1 aliphatic heterocycles. The lowest BCUT2D eigenvalue weighted by Gasteiger charge is -2.25. The number of fused-ring (bicyclic) bond motifs is 1. The van der Waals surface area contributed by atoms with Crippen molar-refractivity contribution in [2.24, 2.45) is 0 Å². The van der Waals surface area contributed by atoms with Gasteiger partial charge in [0.15, 0.2) is 5.13 Å². The van der Waals surface area contributed by atoms with Crippen molar-refractivity contribution in [3.63, 3.8) is 0 Å². The average Bonchev–Trinajstić information content (AvgIpc) is 3.38. The van der Waals surface area contributed by atoms with Gasteiger partial charge in [0.05, 0.1) is 24.1 Å². The third-order valence-electron chi connectivity index (χ3n) is 4.67. The first-order chi connectivity index (χ1) is 15.0. The molecule has 0 fully saturated rings. The summed E-state index contributed by atoms with van der Waals surface area (Å²) in [5.74, 6) is -0.525. The molecule has 10 heteroatoms. The zero-order valence-corrected chi connectivity index (χ0v) is 17.6. The van der Waals surface area contributed by atoms with Crippen LogP contribution in [0.3, 0.4) is 0 Å². The summed E-state index contributed by atoms with van der Waals surface area (Å²) in [5.41, 5.74) is 2.74. The number of thiazole rings is 1. The summed E-state index contributed by atoms with van der Waals surface area (Å²) in [6.45, 7) is 3.00. The summed E-state index contributed by atoms with van der Waals surface area (Å²) < 4.78 is 4.93. The van der Waals surface area contributed by atoms with E-state index in [1.54, 1.807) is 30.3 Å². The first kappa shape index (κ1) is 20.8. The van der Waals surface area contributed by atoms with Crippen LogP contribution in [0.1, 0.15) is 27.9 Å². The first-order valence-electron chi connectivity index (χ1n) is 9.68. The van der Waals surface area contributed by atoms with E-state index in [-0.39, 0.29) is 24.3 Å². The number of aromatic nitrogens is 1. The van der Waals surface area contributed by atoms with E-state index in [9.17, 15) is 14.4 Å². The third-order valence-corrected chi connectivity index (χ3v) is 5.67. The number of carbonyl (C=O) groups is 3. The van der Waals surface area contributed by atoms with Gasteiger partial charge in [0.25, 0.3) is 5.91 Å². The summed E-state index contributed by atoms with van der Waals surface area (Å²) in [6, 6.07) is 8.56. The summed E-state index contributed by atoms with van der Waals surface area (Å²) >= 11 is 1.42. The van der Waals surface area contributed by atoms with Crippen LogP contribution in [0.4, 0.5) is 16.5 Å². The van der Waals surface area contributed by atoms with E-state index in [0.717, 1.165) is 10.6 Å². The summed E-state index contributed by atoms with van der Waals surface area (Å²) in [5, 5.41) is 8.89. The molecule has 1 aliphatic rings. The molecule has 0 saturated heterocycles. The van der Waals surface area contributed by atoms with E-state index >= 15 is 0 Å². The van der Waals surface area contributed by atoms with Gasteiger partial charge in [-0.15, -0.1) is 11.3 Å². The van der Waals surface area contributed by atoms with Gasteiger partial charge in [-0.25, -0.2) is 4.98 Å². The second-order valence-electron chi connectivity index (χ2n) is 7.12. The fourth-order valence-corrected chi connectivity index (χ4v) is 4.29. The third kappa shape index (κ3) is 5.36. The van der Waals surface area contributed by atoms with E-state index in [2.05, 4.69) is 20.9 Å². The molecule has 0 aliphatic carbocycles. The Morgan fingerprint density at radius 2 is 1.84 bits per heavy atom. The topological polar surface area (TPSA) is 117 Å². The van der Waals surface area contributed by atoms with Crippen LogP contribution in [0.5, 0.6) is 0 Å². The van der Waals surface area contributed by atoms with Crippen LogP contribution in [0, 0.1) is 0 Å². The van der Waals surface area contributed by atoms with Gasteiger partial charge in [0.1, 0.15) is 6.26 Å². The predicted octanol–water partition coefficient (Wildman–Crippen LogP) is 2.94. The molecule has 3 amide bonds. The number of hydrogen-bond donors (Lipinski definition) is 3. The van der Waals surface area contributed by atoms with Gasteiger partial charge in [0, 0.05) is 42.7 Å². The minimum Gasteiger partial charge on any atom is -0.472 e. The summed E-state index contributed by atoms with van der Waals surface area (Å²) in [7, 11) is 0. The lowest BCUT2D eigenvalue weighted by atomic mass is 10.2. The molecular formula is C21H21N5O4S. The zero-order chi connectivity index (χ0) is 21.8. The van der Waals surface area contributed by atoms with Crippen LogP contribution >= 0.6 is 11.3 Å². The van der Waals surface area contributed by atoms with Crippen molar-refractivity contribution in [2.45, 2.75) is 19.9 Å². The Kier molecular flexibility index (Phi) is 6.10. The van der Waals surface area contributed by atoms with E-state index in [1.807, 2.05) is 4.90 Å². The SMILES string of the molecule is CC(=O)Nc1ccc(NC(=O)CN2CCc3nc(NC(=O)c4ccoc4)sc3C2)cc1. The van der Waals surface area contributed by atoms with Crippen LogP contribution in [0.15, 0.2) is 47.3 Å². The summed E-state index contributed by atoms with van der Waals surface area (Å²) in [4.78, 5) is 43.3. The van der Waals surface area contributed by atoms with Crippen LogP contribution in [-0.4, -0.2) is 40.7 Å². The van der Waals surface area contributed by atoms with Crippen LogP contribution in [0.2, 0.25) is 0 Å². The molecule has 9 nitrogen and oxygen atoms in total. The van der Waals surface area contributed by atoms with Crippen molar-refractivity contribution in [3.05, 3.63) is 59.0 Å². The van der Waals surface area contributed by atoms with Gasteiger partial charge >= 0.3 is 0 Å². The number of anilines is 3. The normalized spacial score (nSPS) is 13.3. The van der Waals surface area contributed by atoms with Gasteiger partial charge in [-0.3, -0.25) is 24.6 Å². The van der Waals surface area contributed by atoms with Crippen molar-refractivity contribution in [3.8, 4) is 0 Å². The van der Waals surface area contributed by atoms with E-state index in [1.165, 1.54) is 30.8 Å². The Hall–Kier alpha value is -3.50. The second-order valence-corrected chi connectivity index (χ2v) is 8.21. The molecule has 3 heterocycles. The number of hydrogen-bond acceptors (Lipinski definition) is 7. The zero-order valence-electron chi connectivity index (χ0n) is 16.8. The second kappa shape index (κ2) is 9.11. The highest BCUT2D eigenvalue weighted by molar-refractivity contribution is 7.15. The lowest BCUT2D eigenvalue weighted by Crippen LogP contribution is -2.36. The number of benzene rings is 1. The molecule has 3 N–H and O–H groups in total. The van der Waals surface area contributed by atoms with Gasteiger partial charge in [-0.05, 0) is 30.3 Å². The highest BCUT2D eigenvalue weighted by atomic mass is 32.1. The predicted molar refractivity (Wildman–Crippen MR) is 117 cm³/mol. The molecule has 0 unspecified atom stereocenters. The summed E-state index contributed by atoms with van der Waals surface area (Å²) in [6.07, 6.45) is 3.55. The quantitative estimate of drug-likeness (QED) is 0.544. The van der Waals surface area contributed by atoms with Crippen molar-refractivity contribution in [1.82, 2.24) is 9.88 Å². The fourth-order valence-electron chi connectivity index (χ4n) is 3.24. The van der Waals surface area contributed by atoms with Crippen LogP contribution in [0.25, 0.3) is 0 Å². The molecule has 0 atom stereocenters. The maximum absolute atomic E-state index is 12.4. The Labute approximate surface area is 182 Å². The molecule has 1 aromatic carbocycles. The maximum Gasteiger partial charge on any atom is 0.260 e. The van der Waals surface area contributed by atoms with Gasteiger partial charge in [0.2, 0.25) is 11.8 Å². The van der Waals surface area contributed by atoms with E-state index in [0.29, 0.717) is 41.6 Å². The monoisotopic (exact) mass is 439 g/mol. The molecule has 4 rings (SSSR count). The minimum absolute atomic E-state index is 0.117. The van der Waals surface area contributed by atoms with Crippen molar-refractivity contribution < 1.29 is 18.8 Å². The van der Waals surface area contributed by atoms with Gasteiger partial charge < -0.3 is 15.1 Å². The van der Waals surface area contributed by atoms with Crippen molar-refractivity contribution in [1.29, 1.82) is 0 Å². The van der Waals surface area contributed by atoms with Gasteiger partial charge in [-0.1, -0.05) is 0 Å². The Morgan fingerprint density at radius 3 is 2.52 bits per heavy atom. The molecule has 0 spiro atoms. The number of nitrogens with one attached hydrogen (secondary N) is 3. The van der Waals surface area contributed by atoms with Crippen molar-refractivity contribution in [2.75, 3.05) is 29.0 Å². The fraction of sp³-hybridized carbons (Fsp3) is 0.238. The molecule has 0 bridgehead atoms. The lowest BCUT2D eigenvalue weighted by molar-refractivity contribution is -0.117. The Morgan fingerprint density at radius 1 is 1.10 bits per heavy atom. The maximum atomic E-state index is 12.4.